The van der Waals surface area contributed by atoms with Crippen LogP contribution in [0, 0.1) is 0 Å². The second kappa shape index (κ2) is 8.33. The number of hydrogen-bond donors (Lipinski definition) is 1. The highest BCUT2D eigenvalue weighted by Gasteiger charge is 2.39. The summed E-state index contributed by atoms with van der Waals surface area (Å²) in [5.74, 6) is -0.748. The Labute approximate surface area is 178 Å². The normalized spacial score (nSPS) is 19.0. The van der Waals surface area contributed by atoms with Crippen LogP contribution in [0.5, 0.6) is 0 Å². The largest absolute Gasteiger partial charge is 0.457 e. The van der Waals surface area contributed by atoms with Crippen LogP contribution in [0.4, 0.5) is 0 Å². The number of nitrogens with zero attached hydrogens (tertiary/aromatic N) is 1. The molecule has 29 heavy (non-hydrogen) atoms. The predicted octanol–water partition coefficient (Wildman–Crippen LogP) is 4.56. The van der Waals surface area contributed by atoms with Gasteiger partial charge in [-0.05, 0) is 43.5 Å². The first-order valence-electron chi connectivity index (χ1n) is 9.60. The molecule has 0 saturated heterocycles. The molecule has 2 heterocycles. The number of benzene rings is 1. The third kappa shape index (κ3) is 4.03. The molecule has 1 aliphatic carbocycles. The van der Waals surface area contributed by atoms with Crippen molar-refractivity contribution in [3.05, 3.63) is 86.9 Å². The van der Waals surface area contributed by atoms with Crippen molar-refractivity contribution in [1.82, 2.24) is 10.3 Å². The summed E-state index contributed by atoms with van der Waals surface area (Å²) in [6.45, 7) is 2.01. The molecule has 4 rings (SSSR count). The topological polar surface area (TPSA) is 68.3 Å². The van der Waals surface area contributed by atoms with Crippen LogP contribution in [0.3, 0.4) is 0 Å². The SMILES string of the molecule is CC1=C(C(=O)OCc2cccnc2)C(c2ccc(Br)cc2)C2=C(CCCC2=O)N1. The Morgan fingerprint density at radius 3 is 2.76 bits per heavy atom. The lowest BCUT2D eigenvalue weighted by Gasteiger charge is -2.34. The molecule has 2 aliphatic rings. The summed E-state index contributed by atoms with van der Waals surface area (Å²) in [4.78, 5) is 30.0. The van der Waals surface area contributed by atoms with Gasteiger partial charge in [-0.25, -0.2) is 4.79 Å². The molecular weight excluding hydrogens is 432 g/mol. The van der Waals surface area contributed by atoms with Crippen molar-refractivity contribution in [2.45, 2.75) is 38.7 Å². The zero-order valence-corrected chi connectivity index (χ0v) is 17.7. The van der Waals surface area contributed by atoms with Crippen molar-refractivity contribution >= 4 is 27.7 Å². The van der Waals surface area contributed by atoms with Gasteiger partial charge in [0.1, 0.15) is 6.61 Å². The molecule has 0 spiro atoms. The Bertz CT molecular complexity index is 1010. The molecular formula is C23H21BrN2O3. The van der Waals surface area contributed by atoms with Gasteiger partial charge in [0.25, 0.3) is 0 Å². The maximum atomic E-state index is 13.1. The minimum Gasteiger partial charge on any atom is -0.457 e. The summed E-state index contributed by atoms with van der Waals surface area (Å²) in [5, 5.41) is 3.30. The lowest BCUT2D eigenvalue weighted by atomic mass is 9.75. The molecule has 1 aromatic heterocycles. The van der Waals surface area contributed by atoms with E-state index in [-0.39, 0.29) is 12.4 Å². The Balaban J connectivity index is 1.70. The van der Waals surface area contributed by atoms with E-state index in [1.807, 2.05) is 37.3 Å². The molecule has 1 atom stereocenters. The fourth-order valence-corrected chi connectivity index (χ4v) is 4.22. The van der Waals surface area contributed by atoms with Gasteiger partial charge < -0.3 is 10.1 Å². The first-order valence-corrected chi connectivity index (χ1v) is 10.4. The van der Waals surface area contributed by atoms with Crippen LogP contribution in [-0.2, 0) is 20.9 Å². The second-order valence-corrected chi connectivity index (χ2v) is 8.17. The molecule has 1 N–H and O–H groups in total. The maximum absolute atomic E-state index is 13.1. The lowest BCUT2D eigenvalue weighted by molar-refractivity contribution is -0.140. The van der Waals surface area contributed by atoms with E-state index in [0.29, 0.717) is 17.6 Å². The van der Waals surface area contributed by atoms with Gasteiger partial charge in [0, 0.05) is 51.7 Å². The molecule has 0 bridgehead atoms. The smallest absolute Gasteiger partial charge is 0.337 e. The van der Waals surface area contributed by atoms with Crippen LogP contribution in [0.2, 0.25) is 0 Å². The molecule has 1 aliphatic heterocycles. The number of aromatic nitrogens is 1. The highest BCUT2D eigenvalue weighted by atomic mass is 79.9. The molecule has 0 saturated carbocycles. The van der Waals surface area contributed by atoms with Crippen molar-refractivity contribution in [2.24, 2.45) is 0 Å². The number of rotatable bonds is 4. The zero-order valence-electron chi connectivity index (χ0n) is 16.1. The van der Waals surface area contributed by atoms with Gasteiger partial charge in [-0.3, -0.25) is 9.78 Å². The minimum atomic E-state index is -0.423. The Morgan fingerprint density at radius 2 is 2.03 bits per heavy atom. The summed E-state index contributed by atoms with van der Waals surface area (Å²) >= 11 is 3.46. The third-order valence-corrected chi connectivity index (χ3v) is 5.82. The van der Waals surface area contributed by atoms with Gasteiger partial charge in [0.05, 0.1) is 5.57 Å². The van der Waals surface area contributed by atoms with E-state index >= 15 is 0 Å². The average Bonchev–Trinajstić information content (AvgIpc) is 2.72. The monoisotopic (exact) mass is 452 g/mol. The number of carbonyl (C=O) groups is 2. The van der Waals surface area contributed by atoms with Gasteiger partial charge in [0.15, 0.2) is 5.78 Å². The van der Waals surface area contributed by atoms with E-state index in [9.17, 15) is 9.59 Å². The lowest BCUT2D eigenvalue weighted by Crippen LogP contribution is -2.34. The molecule has 2 aromatic rings. The zero-order chi connectivity index (χ0) is 20.4. The fourth-order valence-electron chi connectivity index (χ4n) is 3.95. The number of pyridine rings is 1. The summed E-state index contributed by atoms with van der Waals surface area (Å²) in [7, 11) is 0. The summed E-state index contributed by atoms with van der Waals surface area (Å²) in [6.07, 6.45) is 5.49. The number of carbonyl (C=O) groups excluding carboxylic acids is 2. The highest BCUT2D eigenvalue weighted by molar-refractivity contribution is 9.10. The second-order valence-electron chi connectivity index (χ2n) is 7.25. The van der Waals surface area contributed by atoms with Crippen LogP contribution in [0.1, 0.15) is 43.2 Å². The van der Waals surface area contributed by atoms with E-state index in [2.05, 4.69) is 26.2 Å². The number of dihydropyridines is 1. The molecule has 148 valence electrons. The number of ketones is 1. The van der Waals surface area contributed by atoms with Gasteiger partial charge >= 0.3 is 5.97 Å². The van der Waals surface area contributed by atoms with Gasteiger partial charge in [-0.1, -0.05) is 34.1 Å². The first kappa shape index (κ1) is 19.6. The molecule has 1 unspecified atom stereocenters. The Kier molecular flexibility index (Phi) is 5.62. The van der Waals surface area contributed by atoms with Crippen LogP contribution >= 0.6 is 15.9 Å². The fraction of sp³-hybridized carbons (Fsp3) is 0.261. The summed E-state index contributed by atoms with van der Waals surface area (Å²) < 4.78 is 6.55. The first-order chi connectivity index (χ1) is 14.0. The van der Waals surface area contributed by atoms with Gasteiger partial charge in [-0.2, -0.15) is 0 Å². The standard InChI is InChI=1S/C23H21BrN2O3/c1-14-20(23(28)29-13-15-4-3-11-25-12-15)21(16-7-9-17(24)10-8-16)22-18(26-14)5-2-6-19(22)27/h3-4,7-12,21,26H,2,5-6,13H2,1H3. The van der Waals surface area contributed by atoms with E-state index in [4.69, 9.17) is 4.74 Å². The van der Waals surface area contributed by atoms with E-state index in [0.717, 1.165) is 39.8 Å². The van der Waals surface area contributed by atoms with Crippen molar-refractivity contribution in [3.63, 3.8) is 0 Å². The molecule has 1 aromatic carbocycles. The number of halogens is 1. The Hall–Kier alpha value is -2.73. The summed E-state index contributed by atoms with van der Waals surface area (Å²) in [5.41, 5.74) is 4.57. The van der Waals surface area contributed by atoms with Crippen LogP contribution in [-0.4, -0.2) is 16.7 Å². The van der Waals surface area contributed by atoms with Crippen LogP contribution in [0.15, 0.2) is 75.8 Å². The average molecular weight is 453 g/mol. The Morgan fingerprint density at radius 1 is 1.24 bits per heavy atom. The van der Waals surface area contributed by atoms with Crippen LogP contribution < -0.4 is 5.32 Å². The van der Waals surface area contributed by atoms with Gasteiger partial charge in [-0.15, -0.1) is 0 Å². The number of ether oxygens (including phenoxy) is 1. The maximum Gasteiger partial charge on any atom is 0.337 e. The minimum absolute atomic E-state index is 0.0942. The molecule has 0 radical (unpaired) electrons. The van der Waals surface area contributed by atoms with Crippen molar-refractivity contribution in [1.29, 1.82) is 0 Å². The number of hydrogen-bond acceptors (Lipinski definition) is 5. The van der Waals surface area contributed by atoms with Gasteiger partial charge in [0.2, 0.25) is 0 Å². The number of esters is 1. The molecule has 0 amide bonds. The van der Waals surface area contributed by atoms with E-state index < -0.39 is 11.9 Å². The van der Waals surface area contributed by atoms with Crippen LogP contribution in [0.25, 0.3) is 0 Å². The molecule has 5 nitrogen and oxygen atoms in total. The number of Topliss-reactive ketones (excluding diaryl/α,β-unsaturated/α-hetero) is 1. The van der Waals surface area contributed by atoms with Crippen molar-refractivity contribution in [3.8, 4) is 0 Å². The van der Waals surface area contributed by atoms with E-state index in [1.54, 1.807) is 18.5 Å². The quantitative estimate of drug-likeness (QED) is 0.688. The number of nitrogens with one attached hydrogen (secondary N) is 1. The predicted molar refractivity (Wildman–Crippen MR) is 113 cm³/mol. The molecule has 0 fully saturated rings. The summed E-state index contributed by atoms with van der Waals surface area (Å²) in [6, 6.07) is 11.4. The highest BCUT2D eigenvalue weighted by Crippen LogP contribution is 2.42. The van der Waals surface area contributed by atoms with Crippen molar-refractivity contribution < 1.29 is 14.3 Å². The third-order valence-electron chi connectivity index (χ3n) is 5.29. The number of allylic oxidation sites excluding steroid dienone is 3. The van der Waals surface area contributed by atoms with E-state index in [1.165, 1.54) is 0 Å². The van der Waals surface area contributed by atoms with Crippen molar-refractivity contribution in [2.75, 3.05) is 0 Å². The molecule has 6 heteroatoms.